The zero-order valence-corrected chi connectivity index (χ0v) is 11.0. The van der Waals surface area contributed by atoms with Crippen LogP contribution in [-0.4, -0.2) is 23.3 Å². The van der Waals surface area contributed by atoms with E-state index in [1.54, 1.807) is 0 Å². The molecule has 0 saturated heterocycles. The molecule has 0 bridgehead atoms. The lowest BCUT2D eigenvalue weighted by Gasteiger charge is -2.07. The van der Waals surface area contributed by atoms with Crippen LogP contribution in [-0.2, 0) is 11.3 Å². The van der Waals surface area contributed by atoms with E-state index in [-0.39, 0.29) is 23.7 Å². The largest absolute Gasteiger partial charge is 0.507 e. The molecule has 0 spiro atoms. The second-order valence-corrected chi connectivity index (χ2v) is 4.06. The third-order valence-electron chi connectivity index (χ3n) is 2.64. The highest BCUT2D eigenvalue weighted by Crippen LogP contribution is 2.23. The van der Waals surface area contributed by atoms with Crippen molar-refractivity contribution in [2.45, 2.75) is 6.61 Å². The van der Waals surface area contributed by atoms with E-state index in [0.29, 0.717) is 5.75 Å². The fourth-order valence-corrected chi connectivity index (χ4v) is 1.54. The third kappa shape index (κ3) is 3.33. The van der Waals surface area contributed by atoms with E-state index in [9.17, 15) is 14.7 Å². The number of rotatable bonds is 4. The molecule has 0 saturated carbocycles. The third-order valence-corrected chi connectivity index (χ3v) is 2.64. The maximum absolute atomic E-state index is 11.9. The molecule has 0 amide bonds. The molecule has 1 heterocycles. The molecule has 1 aromatic heterocycles. The molecule has 1 aromatic carbocycles. The van der Waals surface area contributed by atoms with Crippen molar-refractivity contribution in [3.63, 3.8) is 0 Å². The fourth-order valence-electron chi connectivity index (χ4n) is 1.54. The number of phenolic OH excluding ortho intramolecular Hbond substituents is 1. The molecule has 0 aliphatic rings. The van der Waals surface area contributed by atoms with E-state index >= 15 is 0 Å². The van der Waals surface area contributed by atoms with Gasteiger partial charge >= 0.3 is 5.97 Å². The molecule has 2 rings (SSSR count). The summed E-state index contributed by atoms with van der Waals surface area (Å²) in [7, 11) is 1.42. The number of esters is 1. The summed E-state index contributed by atoms with van der Waals surface area (Å²) in [6, 6.07) is 5.12. The van der Waals surface area contributed by atoms with Gasteiger partial charge in [-0.3, -0.25) is 4.79 Å². The first kappa shape index (κ1) is 14.4. The number of carbonyl (C=O) groups excluding carboxylic acids is 1. The molecule has 110 valence electrons. The van der Waals surface area contributed by atoms with Crippen molar-refractivity contribution in [1.29, 1.82) is 0 Å². The summed E-state index contributed by atoms with van der Waals surface area (Å²) < 4.78 is 14.8. The second kappa shape index (κ2) is 6.00. The molecular weight excluding hydrogens is 280 g/mol. The number of methoxy groups -OCH3 is 1. The maximum atomic E-state index is 11.9. The summed E-state index contributed by atoms with van der Waals surface area (Å²) in [5.74, 6) is -1.14. The average molecular weight is 292 g/mol. The molecule has 0 unspecified atom stereocenters. The molecule has 7 nitrogen and oxygen atoms in total. The van der Waals surface area contributed by atoms with Gasteiger partial charge in [0.25, 0.3) is 0 Å². The number of ether oxygens (including phenoxy) is 2. The van der Waals surface area contributed by atoms with Crippen LogP contribution in [0.1, 0.15) is 16.1 Å². The number of phenols is 1. The van der Waals surface area contributed by atoms with Crippen molar-refractivity contribution in [3.8, 4) is 17.2 Å². The molecule has 0 atom stereocenters. The minimum absolute atomic E-state index is 0.0635. The van der Waals surface area contributed by atoms with Crippen LogP contribution in [0.2, 0.25) is 0 Å². The molecular formula is C14H12O7. The van der Waals surface area contributed by atoms with Crippen LogP contribution >= 0.6 is 0 Å². The first-order valence-corrected chi connectivity index (χ1v) is 5.86. The molecule has 0 aliphatic carbocycles. The molecule has 0 radical (unpaired) electrons. The topological polar surface area (TPSA) is 106 Å². The Morgan fingerprint density at radius 1 is 1.24 bits per heavy atom. The van der Waals surface area contributed by atoms with Crippen LogP contribution in [0, 0.1) is 0 Å². The fraction of sp³-hybridized carbons (Fsp3) is 0.143. The standard InChI is InChI=1S/C14H12O7/c1-19-8-2-3-11(15)10(4-8)14(18)21-6-9-5-12(16)13(17)7-20-9/h2-5,7,15,17H,6H2,1H3. The van der Waals surface area contributed by atoms with Gasteiger partial charge in [-0.1, -0.05) is 0 Å². The van der Waals surface area contributed by atoms with E-state index in [1.807, 2.05) is 0 Å². The highest BCUT2D eigenvalue weighted by atomic mass is 16.5. The second-order valence-electron chi connectivity index (χ2n) is 4.06. The normalized spacial score (nSPS) is 10.1. The average Bonchev–Trinajstić information content (AvgIpc) is 2.48. The van der Waals surface area contributed by atoms with Gasteiger partial charge in [-0.05, 0) is 18.2 Å². The monoisotopic (exact) mass is 292 g/mol. The van der Waals surface area contributed by atoms with Gasteiger partial charge in [0.05, 0.1) is 7.11 Å². The lowest BCUT2D eigenvalue weighted by atomic mass is 10.2. The summed E-state index contributed by atoms with van der Waals surface area (Å²) in [6.45, 7) is -0.314. The minimum atomic E-state index is -0.804. The lowest BCUT2D eigenvalue weighted by Crippen LogP contribution is -2.08. The Balaban J connectivity index is 2.11. The molecule has 0 fully saturated rings. The van der Waals surface area contributed by atoms with Crippen LogP contribution in [0.5, 0.6) is 17.2 Å². The van der Waals surface area contributed by atoms with Gasteiger partial charge in [0.2, 0.25) is 5.43 Å². The number of aromatic hydroxyl groups is 2. The number of hydrogen-bond donors (Lipinski definition) is 2. The quantitative estimate of drug-likeness (QED) is 0.820. The lowest BCUT2D eigenvalue weighted by molar-refractivity contribution is 0.0439. The van der Waals surface area contributed by atoms with E-state index in [1.165, 1.54) is 25.3 Å². The molecule has 21 heavy (non-hydrogen) atoms. The molecule has 2 aromatic rings. The summed E-state index contributed by atoms with van der Waals surface area (Å²) in [5, 5.41) is 18.6. The highest BCUT2D eigenvalue weighted by molar-refractivity contribution is 5.92. The predicted octanol–water partition coefficient (Wildman–Crippen LogP) is 1.42. The van der Waals surface area contributed by atoms with Crippen molar-refractivity contribution in [3.05, 3.63) is 52.1 Å². The zero-order valence-electron chi connectivity index (χ0n) is 11.0. The molecule has 7 heteroatoms. The summed E-state index contributed by atoms with van der Waals surface area (Å²) >= 11 is 0. The van der Waals surface area contributed by atoms with Crippen LogP contribution < -0.4 is 10.2 Å². The summed E-state index contributed by atoms with van der Waals surface area (Å²) in [6.07, 6.45) is 0.856. The summed E-state index contributed by atoms with van der Waals surface area (Å²) in [4.78, 5) is 23.0. The van der Waals surface area contributed by atoms with Crippen LogP contribution in [0.25, 0.3) is 0 Å². The number of benzene rings is 1. The van der Waals surface area contributed by atoms with Crippen molar-refractivity contribution in [1.82, 2.24) is 0 Å². The zero-order chi connectivity index (χ0) is 15.4. The predicted molar refractivity (Wildman–Crippen MR) is 70.4 cm³/mol. The number of carbonyl (C=O) groups is 1. The van der Waals surface area contributed by atoms with E-state index in [2.05, 4.69) is 0 Å². The van der Waals surface area contributed by atoms with Crippen molar-refractivity contribution < 1.29 is 28.9 Å². The van der Waals surface area contributed by atoms with Gasteiger partial charge in [0.1, 0.15) is 35.7 Å². The van der Waals surface area contributed by atoms with Gasteiger partial charge < -0.3 is 24.1 Å². The van der Waals surface area contributed by atoms with Gasteiger partial charge in [-0.2, -0.15) is 0 Å². The van der Waals surface area contributed by atoms with Crippen LogP contribution in [0.3, 0.4) is 0 Å². The van der Waals surface area contributed by atoms with Crippen molar-refractivity contribution in [2.24, 2.45) is 0 Å². The first-order valence-electron chi connectivity index (χ1n) is 5.86. The first-order chi connectivity index (χ1) is 10.0. The van der Waals surface area contributed by atoms with Crippen molar-refractivity contribution >= 4 is 5.97 Å². The van der Waals surface area contributed by atoms with Gasteiger partial charge in [0.15, 0.2) is 5.75 Å². The Morgan fingerprint density at radius 3 is 2.67 bits per heavy atom. The maximum Gasteiger partial charge on any atom is 0.342 e. The molecule has 0 aliphatic heterocycles. The summed E-state index contributed by atoms with van der Waals surface area (Å²) in [5.41, 5.74) is -0.716. The Labute approximate surface area is 119 Å². The molecule has 2 N–H and O–H groups in total. The van der Waals surface area contributed by atoms with E-state index < -0.39 is 17.1 Å². The SMILES string of the molecule is COc1ccc(O)c(C(=O)OCc2cc(=O)c(O)co2)c1. The highest BCUT2D eigenvalue weighted by Gasteiger charge is 2.15. The van der Waals surface area contributed by atoms with E-state index in [0.717, 1.165) is 12.3 Å². The Bertz CT molecular complexity index is 718. The van der Waals surface area contributed by atoms with E-state index in [4.69, 9.17) is 19.0 Å². The van der Waals surface area contributed by atoms with Crippen molar-refractivity contribution in [2.75, 3.05) is 7.11 Å². The Morgan fingerprint density at radius 2 is 2.00 bits per heavy atom. The minimum Gasteiger partial charge on any atom is -0.507 e. The van der Waals surface area contributed by atoms with Crippen LogP contribution in [0.15, 0.2) is 39.7 Å². The van der Waals surface area contributed by atoms with Gasteiger partial charge in [-0.25, -0.2) is 4.79 Å². The van der Waals surface area contributed by atoms with Gasteiger partial charge in [0, 0.05) is 6.07 Å². The van der Waals surface area contributed by atoms with Gasteiger partial charge in [-0.15, -0.1) is 0 Å². The Hall–Kier alpha value is -2.96. The smallest absolute Gasteiger partial charge is 0.342 e. The number of hydrogen-bond acceptors (Lipinski definition) is 7. The Kier molecular flexibility index (Phi) is 4.13. The van der Waals surface area contributed by atoms with Crippen LogP contribution in [0.4, 0.5) is 0 Å².